The zero-order chi connectivity index (χ0) is 27.7. The van der Waals surface area contributed by atoms with E-state index in [0.29, 0.717) is 0 Å². The molecule has 3 rings (SSSR count). The Bertz CT molecular complexity index is 1120. The minimum absolute atomic E-state index is 0.928. The molecule has 3 aromatic carbocycles. The third-order valence-electron chi connectivity index (χ3n) is 7.35. The van der Waals surface area contributed by atoms with E-state index in [1.807, 2.05) is 0 Å². The van der Waals surface area contributed by atoms with Crippen molar-refractivity contribution in [2.24, 2.45) is 0 Å². The van der Waals surface area contributed by atoms with Crippen molar-refractivity contribution < 1.29 is 0 Å². The van der Waals surface area contributed by atoms with Crippen molar-refractivity contribution in [1.82, 2.24) is 5.32 Å². The molecule has 0 atom stereocenters. The van der Waals surface area contributed by atoms with Crippen molar-refractivity contribution >= 4 is 17.1 Å². The summed E-state index contributed by atoms with van der Waals surface area (Å²) >= 11 is 0. The molecule has 4 nitrogen and oxygen atoms in total. The Morgan fingerprint density at radius 1 is 0.632 bits per heavy atom. The summed E-state index contributed by atoms with van der Waals surface area (Å²) in [7, 11) is 4.16. The van der Waals surface area contributed by atoms with E-state index in [2.05, 4.69) is 125 Å². The summed E-state index contributed by atoms with van der Waals surface area (Å²) in [6.45, 7) is 18.4. The topological polar surface area (TPSA) is 30.5 Å². The fourth-order valence-corrected chi connectivity index (χ4v) is 5.65. The van der Waals surface area contributed by atoms with Gasteiger partial charge in [-0.25, -0.2) is 0 Å². The summed E-state index contributed by atoms with van der Waals surface area (Å²) in [6, 6.07) is 18.0. The Morgan fingerprint density at radius 2 is 1.18 bits per heavy atom. The molecule has 0 unspecified atom stereocenters. The lowest BCUT2D eigenvalue weighted by Gasteiger charge is -2.29. The molecule has 206 valence electrons. The van der Waals surface area contributed by atoms with Crippen molar-refractivity contribution in [3.63, 3.8) is 0 Å². The van der Waals surface area contributed by atoms with Crippen LogP contribution < -0.4 is 20.4 Å². The molecule has 0 bridgehead atoms. The van der Waals surface area contributed by atoms with E-state index in [0.717, 1.165) is 39.1 Å². The van der Waals surface area contributed by atoms with E-state index < -0.39 is 0 Å². The van der Waals surface area contributed by atoms with E-state index in [4.69, 9.17) is 0 Å². The Balaban J connectivity index is 1.52. The van der Waals surface area contributed by atoms with Crippen LogP contribution in [0.1, 0.15) is 58.2 Å². The molecule has 0 heterocycles. The van der Waals surface area contributed by atoms with Gasteiger partial charge in [0.2, 0.25) is 0 Å². The van der Waals surface area contributed by atoms with Gasteiger partial charge in [0.15, 0.2) is 0 Å². The molecule has 0 saturated carbocycles. The zero-order valence-corrected chi connectivity index (χ0v) is 25.2. The SMILES string of the molecule is Cc1cc(C)c(NCCCN(CCCCNCc2ccc(N(C)C)cc2)c2c(C)cc(C)cc2C)c(C)c1. The predicted octanol–water partition coefficient (Wildman–Crippen LogP) is 7.48. The summed E-state index contributed by atoms with van der Waals surface area (Å²) < 4.78 is 0. The van der Waals surface area contributed by atoms with E-state index in [-0.39, 0.29) is 0 Å². The van der Waals surface area contributed by atoms with Gasteiger partial charge in [0.25, 0.3) is 0 Å². The van der Waals surface area contributed by atoms with Gasteiger partial charge in [0.1, 0.15) is 0 Å². The number of aryl methyl sites for hydroxylation is 6. The molecule has 0 radical (unpaired) electrons. The first-order valence-corrected chi connectivity index (χ1v) is 14.3. The number of hydrogen-bond donors (Lipinski definition) is 2. The molecule has 4 heteroatoms. The van der Waals surface area contributed by atoms with Crippen LogP contribution in [-0.4, -0.2) is 40.3 Å². The number of benzene rings is 3. The van der Waals surface area contributed by atoms with Gasteiger partial charge in [0, 0.05) is 57.3 Å². The molecule has 38 heavy (non-hydrogen) atoms. The highest BCUT2D eigenvalue weighted by atomic mass is 15.1. The second kappa shape index (κ2) is 14.2. The molecule has 2 N–H and O–H groups in total. The number of anilines is 3. The monoisotopic (exact) mass is 514 g/mol. The number of unbranched alkanes of at least 4 members (excludes halogenated alkanes) is 1. The summed E-state index contributed by atoms with van der Waals surface area (Å²) in [5.74, 6) is 0. The van der Waals surface area contributed by atoms with Gasteiger partial charge >= 0.3 is 0 Å². The maximum Gasteiger partial charge on any atom is 0.0425 e. The van der Waals surface area contributed by atoms with Crippen LogP contribution in [0, 0.1) is 41.5 Å². The number of nitrogens with zero attached hydrogens (tertiary/aromatic N) is 2. The molecule has 0 aliphatic carbocycles. The van der Waals surface area contributed by atoms with E-state index in [1.165, 1.54) is 68.8 Å². The highest BCUT2D eigenvalue weighted by Gasteiger charge is 2.13. The molecule has 3 aromatic rings. The average molecular weight is 515 g/mol. The van der Waals surface area contributed by atoms with Crippen molar-refractivity contribution in [2.45, 2.75) is 67.3 Å². The van der Waals surface area contributed by atoms with Crippen LogP contribution in [0.4, 0.5) is 17.1 Å². The first kappa shape index (κ1) is 29.6. The van der Waals surface area contributed by atoms with Gasteiger partial charge in [-0.2, -0.15) is 0 Å². The lowest BCUT2D eigenvalue weighted by Crippen LogP contribution is -2.29. The zero-order valence-electron chi connectivity index (χ0n) is 25.2. The van der Waals surface area contributed by atoms with Gasteiger partial charge in [-0.15, -0.1) is 0 Å². The molecule has 0 aromatic heterocycles. The fraction of sp³-hybridized carbons (Fsp3) is 0.471. The van der Waals surface area contributed by atoms with E-state index in [9.17, 15) is 0 Å². The molecular weight excluding hydrogens is 464 g/mol. The summed E-state index contributed by atoms with van der Waals surface area (Å²) in [6.07, 6.45) is 3.47. The normalized spacial score (nSPS) is 11.1. The van der Waals surface area contributed by atoms with Crippen LogP contribution in [0.5, 0.6) is 0 Å². The maximum atomic E-state index is 3.72. The third kappa shape index (κ3) is 8.52. The molecule has 0 spiro atoms. The molecule has 0 amide bonds. The molecule has 0 fully saturated rings. The quantitative estimate of drug-likeness (QED) is 0.218. The highest BCUT2D eigenvalue weighted by Crippen LogP contribution is 2.27. The minimum Gasteiger partial charge on any atom is -0.385 e. The second-order valence-corrected chi connectivity index (χ2v) is 11.2. The molecular formula is C34H50N4. The largest absolute Gasteiger partial charge is 0.385 e. The third-order valence-corrected chi connectivity index (χ3v) is 7.35. The fourth-order valence-electron chi connectivity index (χ4n) is 5.65. The second-order valence-electron chi connectivity index (χ2n) is 11.2. The smallest absolute Gasteiger partial charge is 0.0425 e. The van der Waals surface area contributed by atoms with Gasteiger partial charge < -0.3 is 20.4 Å². The van der Waals surface area contributed by atoms with Crippen LogP contribution in [-0.2, 0) is 6.54 Å². The van der Waals surface area contributed by atoms with E-state index in [1.54, 1.807) is 0 Å². The lowest BCUT2D eigenvalue weighted by molar-refractivity contribution is 0.608. The average Bonchev–Trinajstić information content (AvgIpc) is 2.84. The number of hydrogen-bond acceptors (Lipinski definition) is 4. The number of nitrogens with one attached hydrogen (secondary N) is 2. The van der Waals surface area contributed by atoms with Crippen molar-refractivity contribution in [3.05, 3.63) is 87.5 Å². The Kier molecular flexibility index (Phi) is 11.1. The van der Waals surface area contributed by atoms with Crippen LogP contribution >= 0.6 is 0 Å². The van der Waals surface area contributed by atoms with Gasteiger partial charge in [-0.3, -0.25) is 0 Å². The number of rotatable bonds is 14. The van der Waals surface area contributed by atoms with Gasteiger partial charge in [-0.1, -0.05) is 47.5 Å². The standard InChI is InChI=1S/C34H50N4/c1-25-20-27(3)33(28(4)21-25)36-17-11-19-38(34-29(5)22-26(2)23-30(34)6)18-10-9-16-35-24-31-12-14-32(15-13-31)37(7)8/h12-15,20-23,35-36H,9-11,16-19,24H2,1-8H3. The van der Waals surface area contributed by atoms with E-state index >= 15 is 0 Å². The Hall–Kier alpha value is -2.98. The maximum absolute atomic E-state index is 3.72. The van der Waals surface area contributed by atoms with Crippen LogP contribution in [0.25, 0.3) is 0 Å². The predicted molar refractivity (Wildman–Crippen MR) is 168 cm³/mol. The minimum atomic E-state index is 0.928. The Labute approximate surface area is 232 Å². The van der Waals surface area contributed by atoms with Gasteiger partial charge in [0.05, 0.1) is 0 Å². The lowest BCUT2D eigenvalue weighted by atomic mass is 10.0. The Morgan fingerprint density at radius 3 is 1.76 bits per heavy atom. The first-order chi connectivity index (χ1) is 18.2. The van der Waals surface area contributed by atoms with Crippen LogP contribution in [0.3, 0.4) is 0 Å². The molecule has 0 aliphatic heterocycles. The summed E-state index contributed by atoms with van der Waals surface area (Å²) in [4.78, 5) is 4.77. The molecule has 0 saturated heterocycles. The van der Waals surface area contributed by atoms with Crippen molar-refractivity contribution in [3.8, 4) is 0 Å². The van der Waals surface area contributed by atoms with Crippen molar-refractivity contribution in [1.29, 1.82) is 0 Å². The van der Waals surface area contributed by atoms with Crippen LogP contribution in [0.2, 0.25) is 0 Å². The highest BCUT2D eigenvalue weighted by molar-refractivity contribution is 5.61. The molecule has 0 aliphatic rings. The first-order valence-electron chi connectivity index (χ1n) is 14.3. The van der Waals surface area contributed by atoms with Crippen LogP contribution in [0.15, 0.2) is 48.5 Å². The summed E-state index contributed by atoms with van der Waals surface area (Å²) in [5.41, 5.74) is 13.4. The summed E-state index contributed by atoms with van der Waals surface area (Å²) in [5, 5.41) is 7.36. The van der Waals surface area contributed by atoms with Gasteiger partial charge in [-0.05, 0) is 107 Å². The van der Waals surface area contributed by atoms with Crippen molar-refractivity contribution in [2.75, 3.05) is 55.4 Å².